The summed E-state index contributed by atoms with van der Waals surface area (Å²) >= 11 is 5.74. The van der Waals surface area contributed by atoms with Gasteiger partial charge in [-0.25, -0.2) is 9.59 Å². The van der Waals surface area contributed by atoms with Gasteiger partial charge in [0.2, 0.25) is 0 Å². The van der Waals surface area contributed by atoms with Crippen LogP contribution in [0.4, 0.5) is 0 Å². The molecule has 0 saturated carbocycles. The van der Waals surface area contributed by atoms with E-state index in [0.717, 1.165) is 0 Å². The Morgan fingerprint density at radius 1 is 1.33 bits per heavy atom. The average molecular weight is 358 g/mol. The molecule has 0 spiro atoms. The van der Waals surface area contributed by atoms with Crippen LogP contribution in [0.2, 0.25) is 5.02 Å². The van der Waals surface area contributed by atoms with E-state index < -0.39 is 30.5 Å². The monoisotopic (exact) mass is 357 g/mol. The standard InChI is InChI=1S/C16H20ClNO6/c1-4-9(2)14(16(22)23-3)18-13(20)8-24-15(21)11-7-10(17)5-6-12(11)19/h5-7,9,14,19H,4,8H2,1-3H3,(H,18,20)/t9-,14+/m1/s1. The summed E-state index contributed by atoms with van der Waals surface area (Å²) in [5.41, 5.74) is -0.151. The number of rotatable bonds is 7. The fourth-order valence-electron chi connectivity index (χ4n) is 1.89. The molecule has 0 aromatic heterocycles. The molecule has 0 aliphatic heterocycles. The summed E-state index contributed by atoms with van der Waals surface area (Å²) in [5, 5.41) is 12.3. The van der Waals surface area contributed by atoms with Gasteiger partial charge in [-0.15, -0.1) is 0 Å². The highest BCUT2D eigenvalue weighted by molar-refractivity contribution is 6.31. The molecule has 0 heterocycles. The molecule has 1 aromatic rings. The van der Waals surface area contributed by atoms with Gasteiger partial charge in [0.25, 0.3) is 5.91 Å². The third kappa shape index (κ3) is 5.42. The predicted molar refractivity (Wildman–Crippen MR) is 86.8 cm³/mol. The van der Waals surface area contributed by atoms with Gasteiger partial charge in [0.05, 0.1) is 7.11 Å². The van der Waals surface area contributed by atoms with Crippen molar-refractivity contribution in [2.24, 2.45) is 5.92 Å². The van der Waals surface area contributed by atoms with Gasteiger partial charge in [0.1, 0.15) is 17.4 Å². The van der Waals surface area contributed by atoms with E-state index in [9.17, 15) is 19.5 Å². The van der Waals surface area contributed by atoms with Gasteiger partial charge in [-0.1, -0.05) is 31.9 Å². The number of ether oxygens (including phenoxy) is 2. The number of esters is 2. The predicted octanol–water partition coefficient (Wildman–Crippen LogP) is 1.91. The van der Waals surface area contributed by atoms with Gasteiger partial charge in [-0.05, 0) is 24.1 Å². The highest BCUT2D eigenvalue weighted by Gasteiger charge is 2.27. The number of amides is 1. The first-order valence-electron chi connectivity index (χ1n) is 7.33. The van der Waals surface area contributed by atoms with Crippen molar-refractivity contribution in [3.8, 4) is 5.75 Å². The quantitative estimate of drug-likeness (QED) is 0.723. The number of halogens is 1. The lowest BCUT2D eigenvalue weighted by molar-refractivity contribution is -0.147. The van der Waals surface area contributed by atoms with Crippen LogP contribution in [-0.4, -0.2) is 42.7 Å². The van der Waals surface area contributed by atoms with E-state index in [4.69, 9.17) is 16.3 Å². The van der Waals surface area contributed by atoms with E-state index in [0.29, 0.717) is 6.42 Å². The largest absolute Gasteiger partial charge is 0.507 e. The Morgan fingerprint density at radius 3 is 2.58 bits per heavy atom. The van der Waals surface area contributed by atoms with Crippen LogP contribution in [0.5, 0.6) is 5.75 Å². The summed E-state index contributed by atoms with van der Waals surface area (Å²) in [7, 11) is 1.23. The van der Waals surface area contributed by atoms with Crippen molar-refractivity contribution >= 4 is 29.4 Å². The highest BCUT2D eigenvalue weighted by Crippen LogP contribution is 2.22. The van der Waals surface area contributed by atoms with Crippen molar-refractivity contribution in [2.45, 2.75) is 26.3 Å². The van der Waals surface area contributed by atoms with E-state index in [1.54, 1.807) is 6.92 Å². The van der Waals surface area contributed by atoms with E-state index in [-0.39, 0.29) is 22.3 Å². The molecule has 7 nitrogen and oxygen atoms in total. The second-order valence-electron chi connectivity index (χ2n) is 5.19. The van der Waals surface area contributed by atoms with Crippen LogP contribution in [0.25, 0.3) is 0 Å². The Labute approximate surface area is 144 Å². The first kappa shape index (κ1) is 19.8. The zero-order valence-electron chi connectivity index (χ0n) is 13.7. The summed E-state index contributed by atoms with van der Waals surface area (Å²) in [6.07, 6.45) is 0.649. The normalized spacial score (nSPS) is 12.8. The minimum Gasteiger partial charge on any atom is -0.507 e. The number of aromatic hydroxyl groups is 1. The lowest BCUT2D eigenvalue weighted by Gasteiger charge is -2.21. The van der Waals surface area contributed by atoms with Crippen LogP contribution in [0.15, 0.2) is 18.2 Å². The molecule has 0 aliphatic carbocycles. The van der Waals surface area contributed by atoms with Crippen molar-refractivity contribution < 1.29 is 29.0 Å². The number of nitrogens with one attached hydrogen (secondary N) is 1. The molecule has 24 heavy (non-hydrogen) atoms. The number of phenolic OH excluding ortho intramolecular Hbond substituents is 1. The number of methoxy groups -OCH3 is 1. The van der Waals surface area contributed by atoms with Gasteiger partial charge in [0, 0.05) is 5.02 Å². The van der Waals surface area contributed by atoms with Crippen LogP contribution in [0, 0.1) is 5.92 Å². The van der Waals surface area contributed by atoms with Crippen molar-refractivity contribution in [2.75, 3.05) is 13.7 Å². The maximum absolute atomic E-state index is 11.9. The SMILES string of the molecule is CC[C@@H](C)[C@H](NC(=O)COC(=O)c1cc(Cl)ccc1O)C(=O)OC. The van der Waals surface area contributed by atoms with Gasteiger partial charge in [-0.2, -0.15) is 0 Å². The molecule has 0 unspecified atom stereocenters. The Bertz CT molecular complexity index is 619. The van der Waals surface area contributed by atoms with Crippen molar-refractivity contribution in [3.05, 3.63) is 28.8 Å². The number of hydrogen-bond donors (Lipinski definition) is 2. The topological polar surface area (TPSA) is 102 Å². The number of carbonyl (C=O) groups is 3. The maximum Gasteiger partial charge on any atom is 0.342 e. The molecule has 2 atom stereocenters. The van der Waals surface area contributed by atoms with E-state index in [2.05, 4.69) is 10.1 Å². The maximum atomic E-state index is 11.9. The van der Waals surface area contributed by atoms with Crippen LogP contribution in [-0.2, 0) is 19.1 Å². The molecule has 8 heteroatoms. The lowest BCUT2D eigenvalue weighted by atomic mass is 9.99. The third-order valence-corrected chi connectivity index (χ3v) is 3.73. The molecule has 2 N–H and O–H groups in total. The second-order valence-corrected chi connectivity index (χ2v) is 5.63. The van der Waals surface area contributed by atoms with Crippen LogP contribution < -0.4 is 5.32 Å². The molecule has 1 aromatic carbocycles. The minimum absolute atomic E-state index is 0.144. The molecule has 0 fully saturated rings. The molecule has 0 radical (unpaired) electrons. The van der Waals surface area contributed by atoms with Crippen molar-refractivity contribution in [3.63, 3.8) is 0 Å². The summed E-state index contributed by atoms with van der Waals surface area (Å²) in [6.45, 7) is 3.06. The van der Waals surface area contributed by atoms with Crippen molar-refractivity contribution in [1.29, 1.82) is 0 Å². The zero-order chi connectivity index (χ0) is 18.3. The molecule has 1 rings (SSSR count). The molecule has 1 amide bonds. The van der Waals surface area contributed by atoms with Gasteiger partial charge in [-0.3, -0.25) is 4.79 Å². The molecular weight excluding hydrogens is 338 g/mol. The lowest BCUT2D eigenvalue weighted by Crippen LogP contribution is -2.47. The van der Waals surface area contributed by atoms with Gasteiger partial charge >= 0.3 is 11.9 Å². The molecular formula is C16H20ClNO6. The zero-order valence-corrected chi connectivity index (χ0v) is 14.4. The molecule has 0 saturated heterocycles. The Hall–Kier alpha value is -2.28. The number of hydrogen-bond acceptors (Lipinski definition) is 6. The summed E-state index contributed by atoms with van der Waals surface area (Å²) in [4.78, 5) is 35.5. The summed E-state index contributed by atoms with van der Waals surface area (Å²) < 4.78 is 9.48. The average Bonchev–Trinajstić information content (AvgIpc) is 2.58. The van der Waals surface area contributed by atoms with Crippen LogP contribution in [0.3, 0.4) is 0 Å². The minimum atomic E-state index is -0.900. The van der Waals surface area contributed by atoms with Gasteiger partial charge < -0.3 is 19.9 Å². The number of benzene rings is 1. The molecule has 0 aliphatic rings. The summed E-state index contributed by atoms with van der Waals surface area (Å²) in [5.74, 6) is -2.58. The molecule has 132 valence electrons. The number of carbonyl (C=O) groups excluding carboxylic acids is 3. The fourth-order valence-corrected chi connectivity index (χ4v) is 2.06. The van der Waals surface area contributed by atoms with E-state index in [1.165, 1.54) is 25.3 Å². The smallest absolute Gasteiger partial charge is 0.342 e. The second kappa shape index (κ2) is 9.12. The Morgan fingerprint density at radius 2 is 2.00 bits per heavy atom. The Kier molecular flexibility index (Phi) is 7.51. The van der Waals surface area contributed by atoms with Crippen LogP contribution >= 0.6 is 11.6 Å². The highest BCUT2D eigenvalue weighted by atomic mass is 35.5. The number of phenols is 1. The van der Waals surface area contributed by atoms with E-state index >= 15 is 0 Å². The Balaban J connectivity index is 2.66. The van der Waals surface area contributed by atoms with E-state index in [1.807, 2.05) is 6.92 Å². The first-order chi connectivity index (χ1) is 11.3. The van der Waals surface area contributed by atoms with Crippen LogP contribution in [0.1, 0.15) is 30.6 Å². The first-order valence-corrected chi connectivity index (χ1v) is 7.70. The third-order valence-electron chi connectivity index (χ3n) is 3.50. The van der Waals surface area contributed by atoms with Crippen molar-refractivity contribution in [1.82, 2.24) is 5.32 Å². The fraction of sp³-hybridized carbons (Fsp3) is 0.438. The molecule has 0 bridgehead atoms. The summed E-state index contributed by atoms with van der Waals surface area (Å²) in [6, 6.07) is 3.06. The van der Waals surface area contributed by atoms with Gasteiger partial charge in [0.15, 0.2) is 6.61 Å².